The Kier molecular flexibility index (Phi) is 5.53. The highest BCUT2D eigenvalue weighted by atomic mass is 35.5. The standard InChI is InChI=1S/C23H27ClN2O4/c1-23(2,3)30-22(27)26-16-8-10-25-21(14-6-7-14)20(16)15-12-18(28-4)19(13-17(15)26)29-11-5-9-24/h8,10,12-14H,5-7,9,11H2,1-4H3. The molecule has 0 spiro atoms. The molecule has 4 rings (SSSR count). The van der Waals surface area contributed by atoms with E-state index in [0.717, 1.165) is 40.3 Å². The molecular weight excluding hydrogens is 404 g/mol. The first-order valence-electron chi connectivity index (χ1n) is 10.3. The highest BCUT2D eigenvalue weighted by molar-refractivity contribution is 6.17. The molecule has 0 bridgehead atoms. The highest BCUT2D eigenvalue weighted by Crippen LogP contribution is 2.46. The van der Waals surface area contributed by atoms with Gasteiger partial charge < -0.3 is 14.2 Å². The van der Waals surface area contributed by atoms with E-state index < -0.39 is 11.7 Å². The zero-order valence-corrected chi connectivity index (χ0v) is 18.6. The number of halogens is 1. The topological polar surface area (TPSA) is 62.6 Å². The summed E-state index contributed by atoms with van der Waals surface area (Å²) in [6.07, 6.45) is 4.29. The fourth-order valence-electron chi connectivity index (χ4n) is 3.67. The third kappa shape index (κ3) is 3.93. The molecule has 1 aromatic carbocycles. The Labute approximate surface area is 181 Å². The molecule has 0 amide bonds. The Bertz CT molecular complexity index is 1100. The Morgan fingerprint density at radius 1 is 1.23 bits per heavy atom. The lowest BCUT2D eigenvalue weighted by Gasteiger charge is -2.20. The van der Waals surface area contributed by atoms with Gasteiger partial charge in [0.05, 0.1) is 30.4 Å². The van der Waals surface area contributed by atoms with Crippen LogP contribution in [0.5, 0.6) is 11.5 Å². The summed E-state index contributed by atoms with van der Waals surface area (Å²) in [6.45, 7) is 6.05. The van der Waals surface area contributed by atoms with E-state index in [2.05, 4.69) is 4.98 Å². The van der Waals surface area contributed by atoms with Crippen LogP contribution < -0.4 is 9.47 Å². The maximum absolute atomic E-state index is 13.2. The van der Waals surface area contributed by atoms with E-state index in [1.165, 1.54) is 0 Å². The Balaban J connectivity index is 1.97. The summed E-state index contributed by atoms with van der Waals surface area (Å²) in [5.41, 5.74) is 1.92. The number of rotatable bonds is 6. The van der Waals surface area contributed by atoms with Gasteiger partial charge in [0, 0.05) is 34.8 Å². The minimum absolute atomic E-state index is 0.424. The van der Waals surface area contributed by atoms with Gasteiger partial charge in [0.25, 0.3) is 0 Å². The lowest BCUT2D eigenvalue weighted by atomic mass is 10.1. The fraction of sp³-hybridized carbons (Fsp3) is 0.478. The molecule has 30 heavy (non-hydrogen) atoms. The van der Waals surface area contributed by atoms with Gasteiger partial charge in [-0.3, -0.25) is 4.98 Å². The summed E-state index contributed by atoms with van der Waals surface area (Å²) in [5.74, 6) is 2.13. The van der Waals surface area contributed by atoms with Gasteiger partial charge in [0.1, 0.15) is 5.60 Å². The average Bonchev–Trinajstić information content (AvgIpc) is 3.47. The maximum atomic E-state index is 13.2. The Morgan fingerprint density at radius 2 is 2.00 bits per heavy atom. The summed E-state index contributed by atoms with van der Waals surface area (Å²) in [4.78, 5) is 17.9. The van der Waals surface area contributed by atoms with Crippen molar-refractivity contribution < 1.29 is 19.0 Å². The van der Waals surface area contributed by atoms with E-state index in [1.54, 1.807) is 17.9 Å². The molecule has 0 atom stereocenters. The van der Waals surface area contributed by atoms with Crippen LogP contribution in [0.3, 0.4) is 0 Å². The van der Waals surface area contributed by atoms with E-state index in [4.69, 9.17) is 25.8 Å². The number of benzene rings is 1. The largest absolute Gasteiger partial charge is 0.493 e. The molecule has 7 heteroatoms. The third-order valence-electron chi connectivity index (χ3n) is 5.07. The van der Waals surface area contributed by atoms with Crippen molar-refractivity contribution in [2.24, 2.45) is 0 Å². The fourth-order valence-corrected chi connectivity index (χ4v) is 3.78. The average molecular weight is 431 g/mol. The van der Waals surface area contributed by atoms with E-state index in [1.807, 2.05) is 39.0 Å². The van der Waals surface area contributed by atoms with Crippen LogP contribution in [-0.2, 0) is 4.74 Å². The number of carbonyl (C=O) groups excluding carboxylic acids is 1. The van der Waals surface area contributed by atoms with Gasteiger partial charge in [-0.05, 0) is 52.2 Å². The monoisotopic (exact) mass is 430 g/mol. The van der Waals surface area contributed by atoms with Gasteiger partial charge in [-0.25, -0.2) is 9.36 Å². The predicted octanol–water partition coefficient (Wildman–Crippen LogP) is 5.87. The zero-order valence-electron chi connectivity index (χ0n) is 17.8. The number of methoxy groups -OCH3 is 1. The summed E-state index contributed by atoms with van der Waals surface area (Å²) in [7, 11) is 1.61. The molecule has 0 aliphatic heterocycles. The Morgan fingerprint density at radius 3 is 2.63 bits per heavy atom. The number of fused-ring (bicyclic) bond motifs is 3. The molecule has 6 nitrogen and oxygen atoms in total. The first-order valence-corrected chi connectivity index (χ1v) is 10.8. The van der Waals surface area contributed by atoms with Crippen molar-refractivity contribution >= 4 is 39.5 Å². The molecular formula is C23H27ClN2O4. The second-order valence-corrected chi connectivity index (χ2v) is 8.97. The molecule has 1 saturated carbocycles. The van der Waals surface area contributed by atoms with Crippen LogP contribution in [0.25, 0.3) is 21.8 Å². The smallest absolute Gasteiger partial charge is 0.419 e. The van der Waals surface area contributed by atoms with Crippen molar-refractivity contribution in [1.82, 2.24) is 9.55 Å². The van der Waals surface area contributed by atoms with Crippen molar-refractivity contribution in [2.45, 2.75) is 51.6 Å². The van der Waals surface area contributed by atoms with Crippen molar-refractivity contribution in [3.8, 4) is 11.5 Å². The maximum Gasteiger partial charge on any atom is 0.419 e. The predicted molar refractivity (Wildman–Crippen MR) is 118 cm³/mol. The lowest BCUT2D eigenvalue weighted by molar-refractivity contribution is 0.0551. The molecule has 0 radical (unpaired) electrons. The molecule has 1 fully saturated rings. The summed E-state index contributed by atoms with van der Waals surface area (Å²) in [5, 5.41) is 1.89. The second kappa shape index (κ2) is 7.99. The van der Waals surface area contributed by atoms with Gasteiger partial charge in [-0.15, -0.1) is 11.6 Å². The molecule has 0 unspecified atom stereocenters. The number of ether oxygens (including phenoxy) is 3. The molecule has 2 aromatic heterocycles. The molecule has 3 aromatic rings. The van der Waals surface area contributed by atoms with Crippen molar-refractivity contribution in [3.05, 3.63) is 30.1 Å². The van der Waals surface area contributed by atoms with E-state index >= 15 is 0 Å². The normalized spacial score (nSPS) is 14.3. The van der Waals surface area contributed by atoms with Crippen LogP contribution in [0.15, 0.2) is 24.4 Å². The number of hydrogen-bond donors (Lipinski definition) is 0. The zero-order chi connectivity index (χ0) is 21.5. The number of pyridine rings is 1. The van der Waals surface area contributed by atoms with Crippen molar-refractivity contribution in [3.63, 3.8) is 0 Å². The first kappa shape index (κ1) is 20.8. The number of nitrogens with zero attached hydrogens (tertiary/aromatic N) is 2. The van der Waals surface area contributed by atoms with Crippen LogP contribution in [0.1, 0.15) is 51.6 Å². The van der Waals surface area contributed by atoms with Crippen LogP contribution in [0.4, 0.5) is 4.79 Å². The number of carbonyl (C=O) groups is 1. The summed E-state index contributed by atoms with van der Waals surface area (Å²) >= 11 is 5.79. The van der Waals surface area contributed by atoms with Crippen LogP contribution in [-0.4, -0.2) is 40.8 Å². The third-order valence-corrected chi connectivity index (χ3v) is 5.33. The van der Waals surface area contributed by atoms with Gasteiger partial charge in [0.15, 0.2) is 11.5 Å². The van der Waals surface area contributed by atoms with Crippen molar-refractivity contribution in [2.75, 3.05) is 19.6 Å². The lowest BCUT2D eigenvalue weighted by Crippen LogP contribution is -2.27. The van der Waals surface area contributed by atoms with Gasteiger partial charge >= 0.3 is 6.09 Å². The molecule has 1 aliphatic carbocycles. The number of aromatic nitrogens is 2. The molecule has 160 valence electrons. The van der Waals surface area contributed by atoms with Gasteiger partial charge in [-0.1, -0.05) is 0 Å². The summed E-state index contributed by atoms with van der Waals surface area (Å²) < 4.78 is 18.8. The van der Waals surface area contributed by atoms with Gasteiger partial charge in [0.2, 0.25) is 0 Å². The van der Waals surface area contributed by atoms with Gasteiger partial charge in [-0.2, -0.15) is 0 Å². The first-order chi connectivity index (χ1) is 14.3. The van der Waals surface area contributed by atoms with Crippen LogP contribution in [0, 0.1) is 0 Å². The van der Waals surface area contributed by atoms with E-state index in [-0.39, 0.29) is 0 Å². The number of hydrogen-bond acceptors (Lipinski definition) is 5. The molecule has 0 N–H and O–H groups in total. The highest BCUT2D eigenvalue weighted by Gasteiger charge is 2.31. The SMILES string of the molecule is COc1cc2c3c(C4CC4)nccc3n(C(=O)OC(C)(C)C)c2cc1OCCCCl. The number of alkyl halides is 1. The molecule has 1 aliphatic rings. The van der Waals surface area contributed by atoms with E-state index in [0.29, 0.717) is 36.3 Å². The van der Waals surface area contributed by atoms with Crippen LogP contribution in [0.2, 0.25) is 0 Å². The Hall–Kier alpha value is -2.47. The minimum Gasteiger partial charge on any atom is -0.493 e. The summed E-state index contributed by atoms with van der Waals surface area (Å²) in [6, 6.07) is 5.65. The van der Waals surface area contributed by atoms with Crippen LogP contribution >= 0.6 is 11.6 Å². The quantitative estimate of drug-likeness (QED) is 0.361. The van der Waals surface area contributed by atoms with E-state index in [9.17, 15) is 4.79 Å². The minimum atomic E-state index is -0.613. The second-order valence-electron chi connectivity index (χ2n) is 8.59. The van der Waals surface area contributed by atoms with Crippen molar-refractivity contribution in [1.29, 1.82) is 0 Å². The molecule has 2 heterocycles. The molecule has 0 saturated heterocycles.